The third-order valence-electron chi connectivity index (χ3n) is 4.89. The number of halogens is 1. The molecule has 3 rings (SSSR count). The number of rotatable bonds is 8. The molecule has 0 unspecified atom stereocenters. The molecule has 3 N–H and O–H groups in total. The van der Waals surface area contributed by atoms with E-state index < -0.39 is 21.9 Å². The zero-order valence-electron chi connectivity index (χ0n) is 16.2. The number of aliphatic hydroxyl groups is 1. The highest BCUT2D eigenvalue weighted by Gasteiger charge is 2.32. The second-order valence-electron chi connectivity index (χ2n) is 6.99. The van der Waals surface area contributed by atoms with E-state index in [1.807, 2.05) is 0 Å². The molecule has 0 spiro atoms. The molecule has 30 heavy (non-hydrogen) atoms. The summed E-state index contributed by atoms with van der Waals surface area (Å²) in [5.41, 5.74) is 0.284. The van der Waals surface area contributed by atoms with Crippen molar-refractivity contribution in [3.05, 3.63) is 60.2 Å². The molecule has 0 aliphatic carbocycles. The quantitative estimate of drug-likeness (QED) is 0.572. The van der Waals surface area contributed by atoms with Crippen molar-refractivity contribution in [1.82, 2.24) is 15.0 Å². The zero-order valence-corrected chi connectivity index (χ0v) is 17.0. The average molecular weight is 437 g/mol. The number of carbonyl (C=O) groups excluding carboxylic acids is 1. The van der Waals surface area contributed by atoms with Gasteiger partial charge in [-0.15, -0.1) is 0 Å². The van der Waals surface area contributed by atoms with Crippen LogP contribution in [0.25, 0.3) is 0 Å². The summed E-state index contributed by atoms with van der Waals surface area (Å²) >= 11 is 0. The van der Waals surface area contributed by atoms with Gasteiger partial charge in [0.05, 0.1) is 23.6 Å². The Bertz CT molecular complexity index is 941. The summed E-state index contributed by atoms with van der Waals surface area (Å²) in [4.78, 5) is 16.3. The molecule has 0 bridgehead atoms. The first kappa shape index (κ1) is 22.3. The number of nitrogens with one attached hydrogen (secondary N) is 2. The van der Waals surface area contributed by atoms with Crippen LogP contribution in [0.4, 0.5) is 4.39 Å². The lowest BCUT2D eigenvalue weighted by Gasteiger charge is -2.36. The van der Waals surface area contributed by atoms with Crippen molar-refractivity contribution < 1.29 is 27.4 Å². The summed E-state index contributed by atoms with van der Waals surface area (Å²) in [6.45, 7) is -0.140. The lowest BCUT2D eigenvalue weighted by Crippen LogP contribution is -2.51. The lowest BCUT2D eigenvalue weighted by atomic mass is 9.97. The Labute approximate surface area is 174 Å². The van der Waals surface area contributed by atoms with Crippen LogP contribution in [0.3, 0.4) is 0 Å². The smallest absolute Gasteiger partial charge is 0.270 e. The number of amides is 1. The number of carbonyl (C=O) groups is 1. The number of nitrogens with zero attached hydrogens (tertiary/aromatic N) is 1. The van der Waals surface area contributed by atoms with Crippen molar-refractivity contribution >= 4 is 15.9 Å². The molecule has 8 nitrogen and oxygen atoms in total. The number of benzene rings is 1. The molecule has 1 fully saturated rings. The molecule has 1 saturated heterocycles. The van der Waals surface area contributed by atoms with Gasteiger partial charge in [-0.05, 0) is 55.7 Å². The van der Waals surface area contributed by atoms with Crippen LogP contribution in [0, 0.1) is 5.82 Å². The van der Waals surface area contributed by atoms with Gasteiger partial charge in [0.1, 0.15) is 17.6 Å². The van der Waals surface area contributed by atoms with Crippen LogP contribution in [0.15, 0.2) is 53.6 Å². The summed E-state index contributed by atoms with van der Waals surface area (Å²) in [6, 6.07) is 9.24. The molecule has 0 radical (unpaired) electrons. The molecule has 1 aliphatic heterocycles. The zero-order chi connectivity index (χ0) is 21.6. The third kappa shape index (κ3) is 5.82. The van der Waals surface area contributed by atoms with Gasteiger partial charge in [-0.1, -0.05) is 6.07 Å². The molecule has 162 valence electrons. The molecule has 2 aromatic rings. The SMILES string of the molecule is O=C(N[C@@H]1CC[C@H](CCNS(=O)(=O)c2ccc(F)cc2)O[C@H]1CO)c1ccccn1. The van der Waals surface area contributed by atoms with E-state index in [1.54, 1.807) is 18.2 Å². The predicted octanol–water partition coefficient (Wildman–Crippen LogP) is 1.23. The summed E-state index contributed by atoms with van der Waals surface area (Å²) in [6.07, 6.45) is 2.25. The topological polar surface area (TPSA) is 118 Å². The molecular formula is C20H24FN3O5S. The fourth-order valence-corrected chi connectivity index (χ4v) is 4.35. The van der Waals surface area contributed by atoms with E-state index in [0.717, 1.165) is 12.1 Å². The number of aliphatic hydroxyl groups excluding tert-OH is 1. The van der Waals surface area contributed by atoms with E-state index in [-0.39, 0.29) is 41.8 Å². The van der Waals surface area contributed by atoms with E-state index in [1.165, 1.54) is 18.3 Å². The first-order valence-electron chi connectivity index (χ1n) is 9.62. The van der Waals surface area contributed by atoms with Gasteiger partial charge in [-0.25, -0.2) is 17.5 Å². The van der Waals surface area contributed by atoms with E-state index in [4.69, 9.17) is 4.74 Å². The largest absolute Gasteiger partial charge is 0.394 e. The van der Waals surface area contributed by atoms with Crippen molar-refractivity contribution in [2.45, 2.75) is 42.4 Å². The van der Waals surface area contributed by atoms with Crippen molar-refractivity contribution in [2.24, 2.45) is 0 Å². The van der Waals surface area contributed by atoms with E-state index in [9.17, 15) is 22.7 Å². The van der Waals surface area contributed by atoms with Crippen LogP contribution >= 0.6 is 0 Å². The first-order valence-corrected chi connectivity index (χ1v) is 11.1. The summed E-state index contributed by atoms with van der Waals surface area (Å²) in [5.74, 6) is -0.850. The highest BCUT2D eigenvalue weighted by molar-refractivity contribution is 7.89. The van der Waals surface area contributed by atoms with Crippen molar-refractivity contribution in [3.63, 3.8) is 0 Å². The van der Waals surface area contributed by atoms with E-state index in [2.05, 4.69) is 15.0 Å². The van der Waals surface area contributed by atoms with Gasteiger partial charge in [0.25, 0.3) is 5.91 Å². The third-order valence-corrected chi connectivity index (χ3v) is 6.37. The number of ether oxygens (including phenoxy) is 1. The van der Waals surface area contributed by atoms with Crippen molar-refractivity contribution in [1.29, 1.82) is 0 Å². The Balaban J connectivity index is 1.49. The van der Waals surface area contributed by atoms with Crippen LogP contribution in [-0.2, 0) is 14.8 Å². The first-order chi connectivity index (χ1) is 14.4. The Morgan fingerprint density at radius 3 is 2.63 bits per heavy atom. The summed E-state index contributed by atoms with van der Waals surface area (Å²) < 4.78 is 45.8. The van der Waals surface area contributed by atoms with Crippen molar-refractivity contribution in [3.8, 4) is 0 Å². The standard InChI is InChI=1S/C20H24FN3O5S/c21-14-4-7-16(8-5-14)30(27,28)23-12-10-15-6-9-17(19(13-25)29-15)24-20(26)18-3-1-2-11-22-18/h1-5,7-8,11,15,17,19,23,25H,6,9-10,12-13H2,(H,24,26)/t15-,17-,19+/m1/s1. The van der Waals surface area contributed by atoms with Gasteiger partial charge in [0.2, 0.25) is 10.0 Å². The highest BCUT2D eigenvalue weighted by Crippen LogP contribution is 2.22. The van der Waals surface area contributed by atoms with Crippen LogP contribution in [0.5, 0.6) is 0 Å². The molecule has 1 amide bonds. The van der Waals surface area contributed by atoms with Crippen LogP contribution < -0.4 is 10.0 Å². The molecule has 1 aromatic heterocycles. The maximum Gasteiger partial charge on any atom is 0.270 e. The summed E-state index contributed by atoms with van der Waals surface area (Å²) in [7, 11) is -3.74. The van der Waals surface area contributed by atoms with Gasteiger partial charge in [-0.2, -0.15) is 0 Å². The molecule has 0 saturated carbocycles. The maximum absolute atomic E-state index is 13.0. The fourth-order valence-electron chi connectivity index (χ4n) is 3.30. The molecule has 2 heterocycles. The number of aromatic nitrogens is 1. The predicted molar refractivity (Wildman–Crippen MR) is 107 cm³/mol. The van der Waals surface area contributed by atoms with Crippen molar-refractivity contribution in [2.75, 3.05) is 13.2 Å². The second kappa shape index (κ2) is 10.1. The maximum atomic E-state index is 13.0. The van der Waals surface area contributed by atoms with Gasteiger partial charge >= 0.3 is 0 Å². The number of hydrogen-bond donors (Lipinski definition) is 3. The normalized spacial score (nSPS) is 21.9. The van der Waals surface area contributed by atoms with E-state index >= 15 is 0 Å². The minimum atomic E-state index is -3.74. The lowest BCUT2D eigenvalue weighted by molar-refractivity contribution is -0.0891. The second-order valence-corrected chi connectivity index (χ2v) is 8.76. The number of hydrogen-bond acceptors (Lipinski definition) is 6. The van der Waals surface area contributed by atoms with E-state index in [0.29, 0.717) is 19.3 Å². The average Bonchev–Trinajstić information content (AvgIpc) is 2.75. The monoisotopic (exact) mass is 437 g/mol. The Hall–Kier alpha value is -2.40. The van der Waals surface area contributed by atoms with Crippen LogP contribution in [0.1, 0.15) is 29.8 Å². The van der Waals surface area contributed by atoms with Gasteiger partial charge in [-0.3, -0.25) is 9.78 Å². The minimum Gasteiger partial charge on any atom is -0.394 e. The van der Waals surface area contributed by atoms with Gasteiger partial charge in [0, 0.05) is 12.7 Å². The molecule has 1 aromatic carbocycles. The number of sulfonamides is 1. The van der Waals surface area contributed by atoms with Crippen LogP contribution in [-0.4, -0.2) is 55.8 Å². The van der Waals surface area contributed by atoms with Gasteiger partial charge < -0.3 is 15.2 Å². The highest BCUT2D eigenvalue weighted by atomic mass is 32.2. The van der Waals surface area contributed by atoms with Crippen LogP contribution in [0.2, 0.25) is 0 Å². The fraction of sp³-hybridized carbons (Fsp3) is 0.400. The molecule has 3 atom stereocenters. The summed E-state index contributed by atoms with van der Waals surface area (Å²) in [5, 5.41) is 12.5. The Kier molecular flexibility index (Phi) is 7.48. The Morgan fingerprint density at radius 2 is 1.97 bits per heavy atom. The molecule has 1 aliphatic rings. The number of pyridine rings is 1. The Morgan fingerprint density at radius 1 is 1.20 bits per heavy atom. The minimum absolute atomic E-state index is 0.0148. The molecule has 10 heteroatoms. The van der Waals surface area contributed by atoms with Gasteiger partial charge in [0.15, 0.2) is 0 Å². The molecular weight excluding hydrogens is 413 g/mol.